The van der Waals surface area contributed by atoms with Gasteiger partial charge in [-0.25, -0.2) is 4.39 Å². The van der Waals surface area contributed by atoms with Crippen molar-refractivity contribution in [1.82, 2.24) is 0 Å². The minimum Gasteiger partial charge on any atom is -0.392 e. The number of aliphatic hydroxyl groups is 1. The van der Waals surface area contributed by atoms with Crippen molar-refractivity contribution in [2.75, 3.05) is 6.54 Å². The maximum atomic E-state index is 13.4. The zero-order valence-electron chi connectivity index (χ0n) is 11.6. The van der Waals surface area contributed by atoms with Crippen LogP contribution >= 0.6 is 0 Å². The first-order chi connectivity index (χ1) is 9.70. The molecular weight excluding hydrogens is 253 g/mol. The van der Waals surface area contributed by atoms with E-state index in [1.165, 1.54) is 31.4 Å². The van der Waals surface area contributed by atoms with E-state index < -0.39 is 6.10 Å². The lowest BCUT2D eigenvalue weighted by atomic mass is 9.86. The van der Waals surface area contributed by atoms with Gasteiger partial charge in [-0.2, -0.15) is 0 Å². The Labute approximate surface area is 119 Å². The molecule has 3 saturated carbocycles. The molecule has 6 atom stereocenters. The van der Waals surface area contributed by atoms with Crippen LogP contribution in [0.15, 0.2) is 24.3 Å². The van der Waals surface area contributed by atoms with Crippen molar-refractivity contribution in [1.29, 1.82) is 0 Å². The molecule has 0 spiro atoms. The summed E-state index contributed by atoms with van der Waals surface area (Å²) in [5.74, 6) is 3.19. The normalized spacial score (nSPS) is 40.5. The summed E-state index contributed by atoms with van der Waals surface area (Å²) in [4.78, 5) is 0. The highest BCUT2D eigenvalue weighted by Gasteiger charge is 2.67. The third-order valence-electron chi connectivity index (χ3n) is 6.13. The summed E-state index contributed by atoms with van der Waals surface area (Å²) in [6.07, 6.45) is 3.68. The van der Waals surface area contributed by atoms with E-state index in [0.717, 1.165) is 29.2 Å². The highest BCUT2D eigenvalue weighted by Crippen LogP contribution is 2.71. The number of hydrogen-bond acceptors (Lipinski definition) is 2. The molecule has 0 radical (unpaired) electrons. The molecule has 108 valence electrons. The lowest BCUT2D eigenvalue weighted by molar-refractivity contribution is 0.102. The Kier molecular flexibility index (Phi) is 2.90. The van der Waals surface area contributed by atoms with Crippen molar-refractivity contribution in [3.8, 4) is 0 Å². The molecule has 20 heavy (non-hydrogen) atoms. The molecule has 2 bridgehead atoms. The van der Waals surface area contributed by atoms with Gasteiger partial charge in [0.2, 0.25) is 0 Å². The zero-order chi connectivity index (χ0) is 13.9. The molecule has 6 unspecified atom stereocenters. The molecule has 3 N–H and O–H groups in total. The minimum atomic E-state index is -0.403. The average Bonchev–Trinajstić information content (AvgIpc) is 2.88. The van der Waals surface area contributed by atoms with Crippen molar-refractivity contribution < 1.29 is 9.50 Å². The average molecular weight is 275 g/mol. The zero-order valence-corrected chi connectivity index (χ0v) is 11.6. The molecule has 0 amide bonds. The van der Waals surface area contributed by atoms with E-state index in [2.05, 4.69) is 0 Å². The molecule has 0 saturated heterocycles. The van der Waals surface area contributed by atoms with Gasteiger partial charge in [0.15, 0.2) is 0 Å². The molecule has 2 nitrogen and oxygen atoms in total. The van der Waals surface area contributed by atoms with Crippen LogP contribution in [-0.4, -0.2) is 17.8 Å². The summed E-state index contributed by atoms with van der Waals surface area (Å²) in [6.45, 7) is 0.385. The van der Waals surface area contributed by atoms with E-state index in [1.54, 1.807) is 6.07 Å². The number of aliphatic hydroxyl groups excluding tert-OH is 1. The first-order valence-electron chi connectivity index (χ1n) is 7.84. The van der Waals surface area contributed by atoms with Gasteiger partial charge >= 0.3 is 0 Å². The van der Waals surface area contributed by atoms with Gasteiger partial charge in [0, 0.05) is 12.5 Å². The molecule has 0 aromatic heterocycles. The van der Waals surface area contributed by atoms with E-state index in [4.69, 9.17) is 5.73 Å². The number of hydrogen-bond donors (Lipinski definition) is 2. The lowest BCUT2D eigenvalue weighted by Gasteiger charge is -2.24. The van der Waals surface area contributed by atoms with Crippen LogP contribution in [0.25, 0.3) is 0 Å². The highest BCUT2D eigenvalue weighted by molar-refractivity contribution is 5.25. The van der Waals surface area contributed by atoms with Gasteiger partial charge < -0.3 is 10.8 Å². The molecular formula is C17H22FNO. The summed E-state index contributed by atoms with van der Waals surface area (Å²) < 4.78 is 13.4. The second kappa shape index (κ2) is 4.54. The van der Waals surface area contributed by atoms with Crippen LogP contribution in [0.2, 0.25) is 0 Å². The maximum Gasteiger partial charge on any atom is 0.123 e. The maximum absolute atomic E-state index is 13.4. The van der Waals surface area contributed by atoms with E-state index in [1.807, 2.05) is 6.07 Å². The van der Waals surface area contributed by atoms with Gasteiger partial charge in [-0.15, -0.1) is 0 Å². The molecule has 1 aromatic rings. The topological polar surface area (TPSA) is 46.2 Å². The van der Waals surface area contributed by atoms with Gasteiger partial charge in [-0.3, -0.25) is 0 Å². The van der Waals surface area contributed by atoms with Crippen molar-refractivity contribution in [3.05, 3.63) is 35.6 Å². The van der Waals surface area contributed by atoms with Gasteiger partial charge in [0.05, 0.1) is 6.10 Å². The van der Waals surface area contributed by atoms with Crippen LogP contribution < -0.4 is 5.73 Å². The number of benzene rings is 1. The fraction of sp³-hybridized carbons (Fsp3) is 0.647. The van der Waals surface area contributed by atoms with Gasteiger partial charge in [-0.1, -0.05) is 12.1 Å². The van der Waals surface area contributed by atoms with Crippen molar-refractivity contribution in [3.63, 3.8) is 0 Å². The Balaban J connectivity index is 1.54. The number of rotatable bonds is 4. The largest absolute Gasteiger partial charge is 0.392 e. The molecule has 3 aliphatic carbocycles. The molecule has 3 heteroatoms. The first-order valence-corrected chi connectivity index (χ1v) is 7.84. The van der Waals surface area contributed by atoms with E-state index >= 15 is 0 Å². The van der Waals surface area contributed by atoms with Gasteiger partial charge in [0.1, 0.15) is 5.82 Å². The predicted molar refractivity (Wildman–Crippen MR) is 75.5 cm³/mol. The van der Waals surface area contributed by atoms with Crippen LogP contribution in [0.4, 0.5) is 4.39 Å². The molecule has 4 rings (SSSR count). The van der Waals surface area contributed by atoms with Crippen LogP contribution in [0, 0.1) is 35.4 Å². The lowest BCUT2D eigenvalue weighted by Crippen LogP contribution is -2.29. The Bertz CT molecular complexity index is 503. The minimum absolute atomic E-state index is 0.124. The van der Waals surface area contributed by atoms with Gasteiger partial charge in [-0.05, 0) is 66.5 Å². The van der Waals surface area contributed by atoms with Crippen molar-refractivity contribution in [2.24, 2.45) is 35.3 Å². The van der Waals surface area contributed by atoms with Crippen molar-refractivity contribution in [2.45, 2.75) is 31.3 Å². The second-order valence-corrected chi connectivity index (χ2v) is 6.95. The van der Waals surface area contributed by atoms with Crippen LogP contribution in [0.5, 0.6) is 0 Å². The number of fused-ring (bicyclic) bond motifs is 5. The Morgan fingerprint density at radius 3 is 2.55 bits per heavy atom. The molecule has 3 aliphatic rings. The summed E-state index contributed by atoms with van der Waals surface area (Å²) in [7, 11) is 0. The fourth-order valence-corrected chi connectivity index (χ4v) is 5.33. The van der Waals surface area contributed by atoms with E-state index in [-0.39, 0.29) is 11.7 Å². The highest BCUT2D eigenvalue weighted by atomic mass is 19.1. The Morgan fingerprint density at radius 1 is 1.25 bits per heavy atom. The summed E-state index contributed by atoms with van der Waals surface area (Å²) in [6, 6.07) is 6.55. The predicted octanol–water partition coefficient (Wildman–Crippen LogP) is 2.52. The molecule has 1 aromatic carbocycles. The number of nitrogens with two attached hydrogens (primary N) is 1. The Morgan fingerprint density at radius 2 is 1.95 bits per heavy atom. The standard InChI is InChI=1S/C17H22FNO/c18-12-3-1-2-9(7-12)13(8-19)17(20)16-14-10-4-5-11(6-10)15(14)16/h1-3,7,10-11,13-17,20H,4-6,8,19H2. The monoisotopic (exact) mass is 275 g/mol. The molecule has 0 heterocycles. The van der Waals surface area contributed by atoms with Crippen molar-refractivity contribution >= 4 is 0 Å². The van der Waals surface area contributed by atoms with E-state index in [0.29, 0.717) is 12.5 Å². The quantitative estimate of drug-likeness (QED) is 0.887. The fourth-order valence-electron chi connectivity index (χ4n) is 5.33. The summed E-state index contributed by atoms with van der Waals surface area (Å²) >= 11 is 0. The van der Waals surface area contributed by atoms with Crippen LogP contribution in [-0.2, 0) is 0 Å². The Hall–Kier alpha value is -0.930. The molecule has 3 fully saturated rings. The van der Waals surface area contributed by atoms with Crippen LogP contribution in [0.1, 0.15) is 30.7 Å². The number of halogens is 1. The first kappa shape index (κ1) is 12.8. The van der Waals surface area contributed by atoms with Crippen LogP contribution in [0.3, 0.4) is 0 Å². The third kappa shape index (κ3) is 1.76. The second-order valence-electron chi connectivity index (χ2n) is 6.95. The smallest absolute Gasteiger partial charge is 0.123 e. The van der Waals surface area contributed by atoms with Gasteiger partial charge in [0.25, 0.3) is 0 Å². The summed E-state index contributed by atoms with van der Waals surface area (Å²) in [5.41, 5.74) is 6.72. The van der Waals surface area contributed by atoms with E-state index in [9.17, 15) is 9.50 Å². The summed E-state index contributed by atoms with van der Waals surface area (Å²) in [5, 5.41) is 10.8. The SMILES string of the molecule is NCC(c1cccc(F)c1)C(O)C1C2C3CCC(C3)C21. The third-order valence-corrected chi connectivity index (χ3v) is 6.13. The molecule has 0 aliphatic heterocycles.